The molecule has 0 amide bonds. The lowest BCUT2D eigenvalue weighted by Gasteiger charge is -2.26. The van der Waals surface area contributed by atoms with Crippen LogP contribution in [0.15, 0.2) is 24.3 Å². The van der Waals surface area contributed by atoms with E-state index in [-0.39, 0.29) is 0 Å². The lowest BCUT2D eigenvalue weighted by atomic mass is 10.2. The molecule has 1 saturated heterocycles. The van der Waals surface area contributed by atoms with E-state index in [0.29, 0.717) is 23.3 Å². The summed E-state index contributed by atoms with van der Waals surface area (Å²) >= 11 is 5.96. The van der Waals surface area contributed by atoms with E-state index < -0.39 is 0 Å². The van der Waals surface area contributed by atoms with Crippen LogP contribution in [0.4, 0.5) is 0 Å². The number of methoxy groups -OCH3 is 1. The zero-order valence-corrected chi connectivity index (χ0v) is 14.0. The molecule has 1 aromatic carbocycles. The van der Waals surface area contributed by atoms with Crippen LogP contribution in [0.2, 0.25) is 5.15 Å². The van der Waals surface area contributed by atoms with Gasteiger partial charge < -0.3 is 14.2 Å². The molecular weight excluding hydrogens is 316 g/mol. The number of hydrogen-bond donors (Lipinski definition) is 0. The Labute approximate surface area is 141 Å². The number of rotatable bonds is 6. The largest absolute Gasteiger partial charge is 0.493 e. The lowest BCUT2D eigenvalue weighted by Crippen LogP contribution is -2.37. The molecule has 5 nitrogen and oxygen atoms in total. The van der Waals surface area contributed by atoms with Gasteiger partial charge in [-0.3, -0.25) is 4.90 Å². The first kappa shape index (κ1) is 16.3. The fourth-order valence-electron chi connectivity index (χ4n) is 2.67. The Bertz CT molecular complexity index is 660. The molecule has 2 heterocycles. The molecule has 0 spiro atoms. The zero-order valence-electron chi connectivity index (χ0n) is 13.3. The Balaban J connectivity index is 1.61. The standard InChI is InChI=1S/C17H21ClN2O3/c1-21-15-11-13-3-4-17(18)19-14(13)12-16(15)23-8-2-5-20-6-9-22-10-7-20/h3-4,11-12H,2,5-10H2,1H3. The third-order valence-corrected chi connectivity index (χ3v) is 4.13. The smallest absolute Gasteiger partial charge is 0.163 e. The highest BCUT2D eigenvalue weighted by molar-refractivity contribution is 6.29. The predicted octanol–water partition coefficient (Wildman–Crippen LogP) is 3.00. The van der Waals surface area contributed by atoms with Gasteiger partial charge in [0.05, 0.1) is 32.4 Å². The first-order valence-corrected chi connectivity index (χ1v) is 8.21. The maximum absolute atomic E-state index is 5.96. The van der Waals surface area contributed by atoms with Crippen LogP contribution in [-0.2, 0) is 4.74 Å². The van der Waals surface area contributed by atoms with Crippen LogP contribution in [-0.4, -0.2) is 56.4 Å². The van der Waals surface area contributed by atoms with Crippen LogP contribution >= 0.6 is 11.6 Å². The Hall–Kier alpha value is -1.56. The molecule has 1 fully saturated rings. The van der Waals surface area contributed by atoms with Gasteiger partial charge in [-0.25, -0.2) is 4.98 Å². The van der Waals surface area contributed by atoms with Gasteiger partial charge >= 0.3 is 0 Å². The molecule has 1 aliphatic rings. The summed E-state index contributed by atoms with van der Waals surface area (Å²) in [5, 5.41) is 1.45. The van der Waals surface area contributed by atoms with Crippen molar-refractivity contribution in [1.82, 2.24) is 9.88 Å². The maximum atomic E-state index is 5.96. The van der Waals surface area contributed by atoms with Crippen molar-refractivity contribution in [2.45, 2.75) is 6.42 Å². The lowest BCUT2D eigenvalue weighted by molar-refractivity contribution is 0.0357. The van der Waals surface area contributed by atoms with Crippen molar-refractivity contribution in [3.63, 3.8) is 0 Å². The second-order valence-electron chi connectivity index (χ2n) is 5.49. The Morgan fingerprint density at radius 3 is 2.83 bits per heavy atom. The Kier molecular flexibility index (Phi) is 5.54. The van der Waals surface area contributed by atoms with Crippen LogP contribution in [0, 0.1) is 0 Å². The molecule has 3 rings (SSSR count). The topological polar surface area (TPSA) is 43.8 Å². The summed E-state index contributed by atoms with van der Waals surface area (Å²) in [5.74, 6) is 1.42. The number of fused-ring (bicyclic) bond motifs is 1. The normalized spacial score (nSPS) is 15.7. The van der Waals surface area contributed by atoms with Crippen molar-refractivity contribution in [1.29, 1.82) is 0 Å². The van der Waals surface area contributed by atoms with Crippen LogP contribution < -0.4 is 9.47 Å². The molecule has 0 radical (unpaired) electrons. The summed E-state index contributed by atoms with van der Waals surface area (Å²) in [5.41, 5.74) is 0.807. The summed E-state index contributed by atoms with van der Waals surface area (Å²) in [4.78, 5) is 6.72. The van der Waals surface area contributed by atoms with E-state index >= 15 is 0 Å². The quantitative estimate of drug-likeness (QED) is 0.599. The number of morpholine rings is 1. The van der Waals surface area contributed by atoms with E-state index in [1.165, 1.54) is 0 Å². The molecule has 0 saturated carbocycles. The fraction of sp³-hybridized carbons (Fsp3) is 0.471. The van der Waals surface area contributed by atoms with Gasteiger partial charge in [0.15, 0.2) is 11.5 Å². The van der Waals surface area contributed by atoms with E-state index in [4.69, 9.17) is 25.8 Å². The number of benzene rings is 1. The second kappa shape index (κ2) is 7.81. The molecule has 6 heteroatoms. The third-order valence-electron chi connectivity index (χ3n) is 3.92. The van der Waals surface area contributed by atoms with Crippen LogP contribution in [0.3, 0.4) is 0 Å². The van der Waals surface area contributed by atoms with Gasteiger partial charge in [-0.1, -0.05) is 11.6 Å². The average Bonchev–Trinajstić information content (AvgIpc) is 2.59. The minimum absolute atomic E-state index is 0.473. The monoisotopic (exact) mass is 336 g/mol. The summed E-state index contributed by atoms with van der Waals surface area (Å²) in [6.45, 7) is 5.31. The molecule has 0 unspecified atom stereocenters. The molecule has 2 aromatic rings. The number of pyridine rings is 1. The minimum Gasteiger partial charge on any atom is -0.493 e. The van der Waals surface area contributed by atoms with E-state index in [1.54, 1.807) is 13.2 Å². The van der Waals surface area contributed by atoms with E-state index in [0.717, 1.165) is 50.2 Å². The maximum Gasteiger partial charge on any atom is 0.163 e. The molecule has 0 aliphatic carbocycles. The summed E-state index contributed by atoms with van der Waals surface area (Å²) in [7, 11) is 1.64. The van der Waals surface area contributed by atoms with Gasteiger partial charge in [0.2, 0.25) is 0 Å². The number of hydrogen-bond acceptors (Lipinski definition) is 5. The van der Waals surface area contributed by atoms with Crippen molar-refractivity contribution in [2.75, 3.05) is 46.6 Å². The first-order valence-electron chi connectivity index (χ1n) is 7.83. The minimum atomic E-state index is 0.473. The van der Waals surface area contributed by atoms with Crippen molar-refractivity contribution < 1.29 is 14.2 Å². The van der Waals surface area contributed by atoms with Crippen LogP contribution in [0.25, 0.3) is 10.9 Å². The number of ether oxygens (including phenoxy) is 3. The molecular formula is C17H21ClN2O3. The number of nitrogens with zero attached hydrogens (tertiary/aromatic N) is 2. The van der Waals surface area contributed by atoms with Gasteiger partial charge in [0.25, 0.3) is 0 Å². The highest BCUT2D eigenvalue weighted by atomic mass is 35.5. The van der Waals surface area contributed by atoms with Gasteiger partial charge in [0, 0.05) is 31.1 Å². The Morgan fingerprint density at radius 2 is 2.04 bits per heavy atom. The zero-order chi connectivity index (χ0) is 16.1. The van der Waals surface area contributed by atoms with Crippen molar-refractivity contribution in [2.24, 2.45) is 0 Å². The summed E-state index contributed by atoms with van der Waals surface area (Å²) in [6.07, 6.45) is 0.962. The highest BCUT2D eigenvalue weighted by Crippen LogP contribution is 2.32. The number of halogens is 1. The SMILES string of the molecule is COc1cc2ccc(Cl)nc2cc1OCCCN1CCOCC1. The van der Waals surface area contributed by atoms with Gasteiger partial charge in [-0.05, 0) is 24.6 Å². The van der Waals surface area contributed by atoms with Gasteiger partial charge in [0.1, 0.15) is 5.15 Å². The van der Waals surface area contributed by atoms with Gasteiger partial charge in [-0.15, -0.1) is 0 Å². The molecule has 0 N–H and O–H groups in total. The van der Waals surface area contributed by atoms with Crippen LogP contribution in [0.5, 0.6) is 11.5 Å². The van der Waals surface area contributed by atoms with Crippen molar-refractivity contribution >= 4 is 22.5 Å². The average molecular weight is 337 g/mol. The molecule has 23 heavy (non-hydrogen) atoms. The molecule has 0 atom stereocenters. The first-order chi connectivity index (χ1) is 11.3. The van der Waals surface area contributed by atoms with E-state index in [9.17, 15) is 0 Å². The van der Waals surface area contributed by atoms with Gasteiger partial charge in [-0.2, -0.15) is 0 Å². The van der Waals surface area contributed by atoms with E-state index in [1.807, 2.05) is 18.2 Å². The van der Waals surface area contributed by atoms with Crippen molar-refractivity contribution in [3.8, 4) is 11.5 Å². The summed E-state index contributed by atoms with van der Waals surface area (Å²) < 4.78 is 16.7. The predicted molar refractivity (Wildman–Crippen MR) is 90.7 cm³/mol. The molecule has 1 aromatic heterocycles. The molecule has 124 valence electrons. The van der Waals surface area contributed by atoms with Crippen molar-refractivity contribution in [3.05, 3.63) is 29.4 Å². The molecule has 0 bridgehead atoms. The number of aromatic nitrogens is 1. The highest BCUT2D eigenvalue weighted by Gasteiger charge is 2.11. The molecule has 1 aliphatic heterocycles. The van der Waals surface area contributed by atoms with E-state index in [2.05, 4.69) is 9.88 Å². The fourth-order valence-corrected chi connectivity index (χ4v) is 2.83. The third kappa shape index (κ3) is 4.25. The second-order valence-corrected chi connectivity index (χ2v) is 5.87. The van der Waals surface area contributed by atoms with Crippen LogP contribution in [0.1, 0.15) is 6.42 Å². The summed E-state index contributed by atoms with van der Waals surface area (Å²) in [6, 6.07) is 7.51. The Morgan fingerprint density at radius 1 is 1.22 bits per heavy atom.